The van der Waals surface area contributed by atoms with E-state index in [4.69, 9.17) is 5.73 Å². The first-order chi connectivity index (χ1) is 9.78. The van der Waals surface area contributed by atoms with Gasteiger partial charge < -0.3 is 11.1 Å². The van der Waals surface area contributed by atoms with Gasteiger partial charge in [-0.1, -0.05) is 25.8 Å². The fourth-order valence-corrected chi connectivity index (χ4v) is 2.68. The van der Waals surface area contributed by atoms with E-state index < -0.39 is 16.1 Å². The van der Waals surface area contributed by atoms with Crippen molar-refractivity contribution in [3.05, 3.63) is 24.3 Å². The van der Waals surface area contributed by atoms with E-state index in [0.717, 1.165) is 17.1 Å². The summed E-state index contributed by atoms with van der Waals surface area (Å²) < 4.78 is 25.2. The maximum absolute atomic E-state index is 12.0. The summed E-state index contributed by atoms with van der Waals surface area (Å²) in [5.74, 6) is -0.303. The second-order valence-electron chi connectivity index (χ2n) is 5.05. The molecule has 7 heteroatoms. The standard InChI is InChI=1S/C14H23N3O3S/c1-4-5-9-13(15)14(18)16-11-7-6-8-12(10-11)21(19,20)17(2)3/h6-8,10,13H,4-5,9,15H2,1-3H3,(H,16,18). The molecule has 6 nitrogen and oxygen atoms in total. The molecule has 0 fully saturated rings. The quantitative estimate of drug-likeness (QED) is 0.795. The number of carbonyl (C=O) groups excluding carboxylic acids is 1. The predicted molar refractivity (Wildman–Crippen MR) is 83.4 cm³/mol. The molecule has 21 heavy (non-hydrogen) atoms. The Hall–Kier alpha value is -1.44. The minimum Gasteiger partial charge on any atom is -0.325 e. The van der Waals surface area contributed by atoms with Crippen LogP contribution in [0, 0.1) is 0 Å². The zero-order valence-corrected chi connectivity index (χ0v) is 13.5. The molecule has 0 saturated carbocycles. The smallest absolute Gasteiger partial charge is 0.242 e. The van der Waals surface area contributed by atoms with Crippen LogP contribution in [0.5, 0.6) is 0 Å². The van der Waals surface area contributed by atoms with E-state index in [2.05, 4.69) is 5.32 Å². The summed E-state index contributed by atoms with van der Waals surface area (Å²) in [4.78, 5) is 12.0. The Bertz CT molecular complexity index is 585. The molecule has 0 radical (unpaired) electrons. The molecule has 0 aromatic heterocycles. The average molecular weight is 313 g/mol. The average Bonchev–Trinajstić information content (AvgIpc) is 2.44. The summed E-state index contributed by atoms with van der Waals surface area (Å²) in [6.07, 6.45) is 2.46. The van der Waals surface area contributed by atoms with Crippen LogP contribution in [0.15, 0.2) is 29.2 Å². The summed E-state index contributed by atoms with van der Waals surface area (Å²) in [6.45, 7) is 2.03. The number of rotatable bonds is 7. The number of hydrogen-bond acceptors (Lipinski definition) is 4. The summed E-state index contributed by atoms with van der Waals surface area (Å²) >= 11 is 0. The molecule has 3 N–H and O–H groups in total. The Morgan fingerprint density at radius 3 is 2.62 bits per heavy atom. The fourth-order valence-electron chi connectivity index (χ4n) is 1.74. The van der Waals surface area contributed by atoms with E-state index in [1.807, 2.05) is 6.92 Å². The molecular weight excluding hydrogens is 290 g/mol. The highest BCUT2D eigenvalue weighted by atomic mass is 32.2. The Morgan fingerprint density at radius 2 is 2.05 bits per heavy atom. The van der Waals surface area contributed by atoms with Crippen LogP contribution < -0.4 is 11.1 Å². The maximum Gasteiger partial charge on any atom is 0.242 e. The summed E-state index contributed by atoms with van der Waals surface area (Å²) in [7, 11) is -0.600. The Balaban J connectivity index is 2.85. The molecule has 1 amide bonds. The molecule has 1 unspecified atom stereocenters. The van der Waals surface area contributed by atoms with Crippen molar-refractivity contribution in [1.29, 1.82) is 0 Å². The monoisotopic (exact) mass is 313 g/mol. The van der Waals surface area contributed by atoms with E-state index in [9.17, 15) is 13.2 Å². The van der Waals surface area contributed by atoms with Gasteiger partial charge >= 0.3 is 0 Å². The first kappa shape index (κ1) is 17.6. The second-order valence-corrected chi connectivity index (χ2v) is 7.21. The third-order valence-electron chi connectivity index (χ3n) is 3.09. The molecule has 0 aliphatic carbocycles. The lowest BCUT2D eigenvalue weighted by atomic mass is 10.1. The van der Waals surface area contributed by atoms with Crippen LogP contribution in [0.4, 0.5) is 5.69 Å². The molecule has 0 saturated heterocycles. The van der Waals surface area contributed by atoms with Crippen LogP contribution >= 0.6 is 0 Å². The maximum atomic E-state index is 12.0. The molecule has 1 aromatic rings. The van der Waals surface area contributed by atoms with Crippen molar-refractivity contribution in [1.82, 2.24) is 4.31 Å². The topological polar surface area (TPSA) is 92.5 Å². The molecule has 1 rings (SSSR count). The van der Waals surface area contributed by atoms with Crippen molar-refractivity contribution in [2.75, 3.05) is 19.4 Å². The Labute approximate surface area is 126 Å². The van der Waals surface area contributed by atoms with Gasteiger partial charge in [-0.25, -0.2) is 12.7 Å². The SMILES string of the molecule is CCCCC(N)C(=O)Nc1cccc(S(=O)(=O)N(C)C)c1. The van der Waals surface area contributed by atoms with Crippen molar-refractivity contribution in [2.45, 2.75) is 37.1 Å². The van der Waals surface area contributed by atoms with Crippen LogP contribution in [0.25, 0.3) is 0 Å². The number of amides is 1. The number of nitrogens with two attached hydrogens (primary N) is 1. The minimum atomic E-state index is -3.52. The third-order valence-corrected chi connectivity index (χ3v) is 4.90. The lowest BCUT2D eigenvalue weighted by Crippen LogP contribution is -2.35. The molecule has 0 bridgehead atoms. The Morgan fingerprint density at radius 1 is 1.38 bits per heavy atom. The van der Waals surface area contributed by atoms with Crippen molar-refractivity contribution in [3.63, 3.8) is 0 Å². The molecule has 0 spiro atoms. The third kappa shape index (κ3) is 4.80. The molecule has 118 valence electrons. The van der Waals surface area contributed by atoms with Crippen molar-refractivity contribution < 1.29 is 13.2 Å². The van der Waals surface area contributed by atoms with Crippen molar-refractivity contribution in [3.8, 4) is 0 Å². The number of hydrogen-bond donors (Lipinski definition) is 2. The van der Waals surface area contributed by atoms with E-state index in [1.165, 1.54) is 26.2 Å². The number of nitrogens with one attached hydrogen (secondary N) is 1. The number of sulfonamides is 1. The second kappa shape index (κ2) is 7.53. The summed E-state index contributed by atoms with van der Waals surface area (Å²) in [5, 5.41) is 2.66. The molecule has 1 atom stereocenters. The van der Waals surface area contributed by atoms with Gasteiger partial charge in [0.25, 0.3) is 0 Å². The van der Waals surface area contributed by atoms with Gasteiger partial charge in [-0.3, -0.25) is 4.79 Å². The van der Waals surface area contributed by atoms with E-state index in [-0.39, 0.29) is 10.8 Å². The largest absolute Gasteiger partial charge is 0.325 e. The zero-order valence-electron chi connectivity index (χ0n) is 12.7. The lowest BCUT2D eigenvalue weighted by molar-refractivity contribution is -0.117. The number of unbranched alkanes of at least 4 members (excludes halogenated alkanes) is 1. The molecular formula is C14H23N3O3S. The van der Waals surface area contributed by atoms with Crippen LogP contribution in [0.1, 0.15) is 26.2 Å². The minimum absolute atomic E-state index is 0.132. The summed E-state index contributed by atoms with van der Waals surface area (Å²) in [5.41, 5.74) is 6.21. The van der Waals surface area contributed by atoms with Crippen molar-refractivity contribution >= 4 is 21.6 Å². The highest BCUT2D eigenvalue weighted by Crippen LogP contribution is 2.18. The lowest BCUT2D eigenvalue weighted by Gasteiger charge is -2.14. The van der Waals surface area contributed by atoms with Gasteiger partial charge in [0.2, 0.25) is 15.9 Å². The van der Waals surface area contributed by atoms with Gasteiger partial charge in [-0.05, 0) is 24.6 Å². The Kier molecular flexibility index (Phi) is 6.32. The highest BCUT2D eigenvalue weighted by molar-refractivity contribution is 7.89. The van der Waals surface area contributed by atoms with Gasteiger partial charge in [0.1, 0.15) is 0 Å². The number of nitrogens with zero attached hydrogens (tertiary/aromatic N) is 1. The van der Waals surface area contributed by atoms with E-state index >= 15 is 0 Å². The van der Waals surface area contributed by atoms with Gasteiger partial charge in [-0.15, -0.1) is 0 Å². The molecule has 1 aromatic carbocycles. The van der Waals surface area contributed by atoms with Crippen LogP contribution in [0.3, 0.4) is 0 Å². The van der Waals surface area contributed by atoms with Crippen LogP contribution in [0.2, 0.25) is 0 Å². The van der Waals surface area contributed by atoms with Crippen LogP contribution in [-0.2, 0) is 14.8 Å². The summed E-state index contributed by atoms with van der Waals surface area (Å²) in [6, 6.07) is 5.56. The van der Waals surface area contributed by atoms with Gasteiger partial charge in [0, 0.05) is 19.8 Å². The molecule has 0 aliphatic rings. The number of benzene rings is 1. The predicted octanol–water partition coefficient (Wildman–Crippen LogP) is 1.39. The van der Waals surface area contributed by atoms with Gasteiger partial charge in [0.15, 0.2) is 0 Å². The van der Waals surface area contributed by atoms with Gasteiger partial charge in [-0.2, -0.15) is 0 Å². The molecule has 0 heterocycles. The first-order valence-corrected chi connectivity index (χ1v) is 8.32. The van der Waals surface area contributed by atoms with E-state index in [0.29, 0.717) is 12.1 Å². The van der Waals surface area contributed by atoms with Crippen molar-refractivity contribution in [2.24, 2.45) is 5.73 Å². The normalized spacial score (nSPS) is 13.2. The van der Waals surface area contributed by atoms with Gasteiger partial charge in [0.05, 0.1) is 10.9 Å². The van der Waals surface area contributed by atoms with E-state index in [1.54, 1.807) is 12.1 Å². The zero-order chi connectivity index (χ0) is 16.0. The number of carbonyl (C=O) groups is 1. The molecule has 0 aliphatic heterocycles. The van der Waals surface area contributed by atoms with Crippen LogP contribution in [-0.4, -0.2) is 38.8 Å². The first-order valence-electron chi connectivity index (χ1n) is 6.88. The highest BCUT2D eigenvalue weighted by Gasteiger charge is 2.18. The number of anilines is 1. The fraction of sp³-hybridized carbons (Fsp3) is 0.500.